The number of terminal acetylenes is 1. The summed E-state index contributed by atoms with van der Waals surface area (Å²) in [7, 11) is 0. The molecular weight excluding hydrogens is 572 g/mol. The number of alkyl halides is 1. The van der Waals surface area contributed by atoms with Crippen LogP contribution in [-0.4, -0.2) is 75.7 Å². The van der Waals surface area contributed by atoms with E-state index in [-0.39, 0.29) is 32.4 Å². The average Bonchev–Trinajstić information content (AvgIpc) is 2.93. The number of rotatable bonds is 18. The first-order valence-electron chi connectivity index (χ1n) is 12.2. The minimum atomic E-state index is -0.706. The van der Waals surface area contributed by atoms with Crippen molar-refractivity contribution in [2.75, 3.05) is 59.5 Å². The number of carbonyl (C=O) groups is 2. The fourth-order valence-corrected chi connectivity index (χ4v) is 2.80. The van der Waals surface area contributed by atoms with Crippen molar-refractivity contribution in [2.24, 2.45) is 10.2 Å². The summed E-state index contributed by atoms with van der Waals surface area (Å²) in [6, 6.07) is 14.0. The zero-order valence-corrected chi connectivity index (χ0v) is 23.7. The predicted octanol–water partition coefficient (Wildman–Crippen LogP) is 4.77. The fraction of sp³-hybridized carbons (Fsp3) is 0.429. The van der Waals surface area contributed by atoms with Gasteiger partial charge in [-0.25, -0.2) is 4.79 Å². The van der Waals surface area contributed by atoms with E-state index in [0.29, 0.717) is 50.2 Å². The van der Waals surface area contributed by atoms with E-state index in [1.54, 1.807) is 44.2 Å². The van der Waals surface area contributed by atoms with E-state index in [4.69, 9.17) is 34.8 Å². The lowest BCUT2D eigenvalue weighted by atomic mass is 10.2. The highest BCUT2D eigenvalue weighted by atomic mass is 79.9. The summed E-state index contributed by atoms with van der Waals surface area (Å²) < 4.78 is 30.9. The molecule has 39 heavy (non-hydrogen) atoms. The molecular formula is C28H33BrN2O8. The Bertz CT molecular complexity index is 1090. The number of ether oxygens (including phenoxy) is 6. The molecule has 0 radical (unpaired) electrons. The summed E-state index contributed by atoms with van der Waals surface area (Å²) >= 11 is 3.23. The Morgan fingerprint density at radius 3 is 1.97 bits per heavy atom. The van der Waals surface area contributed by atoms with Gasteiger partial charge in [0, 0.05) is 5.56 Å². The van der Waals surface area contributed by atoms with Crippen molar-refractivity contribution < 1.29 is 38.0 Å². The van der Waals surface area contributed by atoms with Crippen molar-refractivity contribution in [3.05, 3.63) is 54.1 Å². The molecule has 210 valence electrons. The summed E-state index contributed by atoms with van der Waals surface area (Å²) in [5, 5.41) is 8.32. The molecule has 0 aromatic heterocycles. The van der Waals surface area contributed by atoms with Crippen molar-refractivity contribution in [3.8, 4) is 18.1 Å². The number of azo groups is 1. The quantitative estimate of drug-likeness (QED) is 0.0785. The van der Waals surface area contributed by atoms with Crippen LogP contribution >= 0.6 is 15.9 Å². The van der Waals surface area contributed by atoms with E-state index in [2.05, 4.69) is 32.1 Å². The van der Waals surface area contributed by atoms with Gasteiger partial charge in [0.15, 0.2) is 6.61 Å². The lowest BCUT2D eigenvalue weighted by Crippen LogP contribution is -2.27. The number of hydrogen-bond acceptors (Lipinski definition) is 10. The minimum absolute atomic E-state index is 0.107. The molecule has 0 aliphatic rings. The smallest absolute Gasteiger partial charge is 0.344 e. The highest BCUT2D eigenvalue weighted by molar-refractivity contribution is 9.10. The number of halogens is 1. The second kappa shape index (κ2) is 18.1. The monoisotopic (exact) mass is 604 g/mol. The summed E-state index contributed by atoms with van der Waals surface area (Å²) in [5.74, 6) is 2.21. The van der Waals surface area contributed by atoms with Crippen molar-refractivity contribution in [3.63, 3.8) is 0 Å². The maximum Gasteiger partial charge on any atom is 0.344 e. The van der Waals surface area contributed by atoms with Crippen LogP contribution in [0.4, 0.5) is 11.4 Å². The van der Waals surface area contributed by atoms with Gasteiger partial charge in [-0.05, 0) is 56.3 Å². The second-order valence-electron chi connectivity index (χ2n) is 8.34. The predicted molar refractivity (Wildman–Crippen MR) is 148 cm³/mol. The normalized spacial score (nSPS) is 11.2. The number of hydrogen-bond donors (Lipinski definition) is 0. The summed E-state index contributed by atoms with van der Waals surface area (Å²) in [6.45, 7) is 5.52. The standard InChI is InChI=1S/C28H33BrN2O8/c1-4-22-6-5-7-24(20-22)31-30-23-8-10-25(11-9-23)39-21-26(32)37-18-16-35-14-12-34-13-15-36-17-19-38-27(33)28(2,3)29/h1,5-11,20H,12-19,21H2,2-3H3. The van der Waals surface area contributed by atoms with Crippen LogP contribution in [0.15, 0.2) is 58.8 Å². The minimum Gasteiger partial charge on any atom is -0.482 e. The zero-order chi connectivity index (χ0) is 28.3. The molecule has 0 saturated carbocycles. The largest absolute Gasteiger partial charge is 0.482 e. The second-order valence-corrected chi connectivity index (χ2v) is 10.3. The Labute approximate surface area is 237 Å². The maximum atomic E-state index is 11.8. The van der Waals surface area contributed by atoms with Crippen LogP contribution in [0.25, 0.3) is 0 Å². The van der Waals surface area contributed by atoms with Gasteiger partial charge < -0.3 is 28.4 Å². The van der Waals surface area contributed by atoms with Crippen molar-refractivity contribution in [1.82, 2.24) is 0 Å². The number of esters is 2. The van der Waals surface area contributed by atoms with Gasteiger partial charge in [0.1, 0.15) is 23.3 Å². The van der Waals surface area contributed by atoms with E-state index >= 15 is 0 Å². The van der Waals surface area contributed by atoms with Gasteiger partial charge in [0.05, 0.1) is 51.0 Å². The molecule has 2 aromatic carbocycles. The molecule has 0 bridgehead atoms. The third-order valence-corrected chi connectivity index (χ3v) is 4.99. The average molecular weight is 605 g/mol. The van der Waals surface area contributed by atoms with Gasteiger partial charge in [-0.15, -0.1) is 6.42 Å². The van der Waals surface area contributed by atoms with E-state index in [1.165, 1.54) is 0 Å². The summed E-state index contributed by atoms with van der Waals surface area (Å²) in [6.07, 6.45) is 5.39. The number of nitrogens with zero attached hydrogens (tertiary/aromatic N) is 2. The molecule has 0 amide bonds. The van der Waals surface area contributed by atoms with E-state index in [1.807, 2.05) is 18.2 Å². The Morgan fingerprint density at radius 2 is 1.38 bits per heavy atom. The van der Waals surface area contributed by atoms with Crippen LogP contribution in [0.1, 0.15) is 19.4 Å². The Hall–Kier alpha value is -3.30. The molecule has 0 aliphatic carbocycles. The molecule has 2 rings (SSSR count). The highest BCUT2D eigenvalue weighted by Gasteiger charge is 2.25. The first-order chi connectivity index (χ1) is 18.8. The van der Waals surface area contributed by atoms with Gasteiger partial charge in [0.2, 0.25) is 0 Å². The molecule has 0 saturated heterocycles. The first-order valence-corrected chi connectivity index (χ1v) is 13.0. The van der Waals surface area contributed by atoms with Crippen LogP contribution in [0.3, 0.4) is 0 Å². The molecule has 0 aliphatic heterocycles. The highest BCUT2D eigenvalue weighted by Crippen LogP contribution is 2.22. The Morgan fingerprint density at radius 1 is 0.821 bits per heavy atom. The van der Waals surface area contributed by atoms with Crippen molar-refractivity contribution in [1.29, 1.82) is 0 Å². The molecule has 11 heteroatoms. The SMILES string of the molecule is C#Cc1cccc(N=Nc2ccc(OCC(=O)OCCOCCOCCOCCOC(=O)C(C)(C)Br)cc2)c1. The van der Waals surface area contributed by atoms with Gasteiger partial charge in [0.25, 0.3) is 0 Å². The van der Waals surface area contributed by atoms with E-state index < -0.39 is 10.3 Å². The molecule has 0 fully saturated rings. The van der Waals surface area contributed by atoms with Crippen molar-refractivity contribution in [2.45, 2.75) is 18.2 Å². The molecule has 0 atom stereocenters. The van der Waals surface area contributed by atoms with Crippen LogP contribution in [-0.2, 0) is 33.3 Å². The van der Waals surface area contributed by atoms with Gasteiger partial charge in [-0.3, -0.25) is 4.79 Å². The Kier molecular flexibility index (Phi) is 14.8. The zero-order valence-electron chi connectivity index (χ0n) is 22.1. The van der Waals surface area contributed by atoms with Gasteiger partial charge >= 0.3 is 11.9 Å². The molecule has 2 aromatic rings. The van der Waals surface area contributed by atoms with E-state index in [0.717, 1.165) is 5.56 Å². The van der Waals surface area contributed by atoms with Gasteiger partial charge in [-0.1, -0.05) is 27.9 Å². The number of carbonyl (C=O) groups excluding carboxylic acids is 2. The van der Waals surface area contributed by atoms with Crippen LogP contribution in [0.2, 0.25) is 0 Å². The van der Waals surface area contributed by atoms with Crippen LogP contribution < -0.4 is 4.74 Å². The molecule has 0 spiro atoms. The summed E-state index contributed by atoms with van der Waals surface area (Å²) in [4.78, 5) is 23.4. The van der Waals surface area contributed by atoms with Gasteiger partial charge in [-0.2, -0.15) is 10.2 Å². The van der Waals surface area contributed by atoms with Crippen molar-refractivity contribution >= 4 is 39.2 Å². The maximum absolute atomic E-state index is 11.8. The number of benzene rings is 2. The Balaban J connectivity index is 1.45. The lowest BCUT2D eigenvalue weighted by Gasteiger charge is -2.14. The first kappa shape index (κ1) is 31.9. The molecule has 0 unspecified atom stereocenters. The van der Waals surface area contributed by atoms with E-state index in [9.17, 15) is 9.59 Å². The fourth-order valence-electron chi connectivity index (χ4n) is 2.69. The molecule has 0 N–H and O–H groups in total. The van der Waals surface area contributed by atoms with Crippen LogP contribution in [0, 0.1) is 12.3 Å². The van der Waals surface area contributed by atoms with Crippen LogP contribution in [0.5, 0.6) is 5.75 Å². The topological polar surface area (TPSA) is 114 Å². The molecule has 0 heterocycles. The third kappa shape index (κ3) is 14.4. The lowest BCUT2D eigenvalue weighted by molar-refractivity contribution is -0.148. The molecule has 10 nitrogen and oxygen atoms in total. The third-order valence-electron chi connectivity index (χ3n) is 4.67. The summed E-state index contributed by atoms with van der Waals surface area (Å²) in [5.41, 5.74) is 2.01.